The number of carbonyl (C=O) groups excluding carboxylic acids is 3. The van der Waals surface area contributed by atoms with E-state index >= 15 is 0 Å². The van der Waals surface area contributed by atoms with Gasteiger partial charge in [-0.25, -0.2) is 9.18 Å². The Bertz CT molecular complexity index is 1060. The van der Waals surface area contributed by atoms with Crippen molar-refractivity contribution in [1.29, 1.82) is 0 Å². The average Bonchev–Trinajstić information content (AvgIpc) is 2.82. The van der Waals surface area contributed by atoms with E-state index in [1.807, 2.05) is 30.3 Å². The number of amides is 2. The van der Waals surface area contributed by atoms with Crippen LogP contribution in [0.3, 0.4) is 0 Å². The Hall–Kier alpha value is -4.00. The van der Waals surface area contributed by atoms with E-state index in [4.69, 9.17) is 4.74 Å². The van der Waals surface area contributed by atoms with Gasteiger partial charge < -0.3 is 15.4 Å². The predicted octanol–water partition coefficient (Wildman–Crippen LogP) is 3.03. The molecule has 3 rings (SSSR count). The summed E-state index contributed by atoms with van der Waals surface area (Å²) in [6, 6.07) is 22.7. The SMILES string of the molecule is O=C(COC(=O)C(Cc1ccccc1)NC(=O)c1ccccc1)NCc1ccccc1F. The molecule has 0 radical (unpaired) electrons. The molecular weight excluding hydrogens is 411 g/mol. The van der Waals surface area contributed by atoms with Crippen LogP contribution in [0.15, 0.2) is 84.9 Å². The molecule has 0 aliphatic carbocycles. The Morgan fingerprint density at radius 2 is 1.47 bits per heavy atom. The molecule has 7 heteroatoms. The smallest absolute Gasteiger partial charge is 0.329 e. The van der Waals surface area contributed by atoms with Crippen molar-refractivity contribution < 1.29 is 23.5 Å². The summed E-state index contributed by atoms with van der Waals surface area (Å²) in [5.41, 5.74) is 1.55. The Morgan fingerprint density at radius 3 is 2.16 bits per heavy atom. The van der Waals surface area contributed by atoms with Crippen molar-refractivity contribution in [1.82, 2.24) is 10.6 Å². The zero-order chi connectivity index (χ0) is 22.8. The minimum Gasteiger partial charge on any atom is -0.454 e. The molecule has 0 saturated carbocycles. The quantitative estimate of drug-likeness (QED) is 0.507. The van der Waals surface area contributed by atoms with Crippen LogP contribution in [0.5, 0.6) is 0 Å². The Kier molecular flexibility index (Phi) is 8.09. The first-order chi connectivity index (χ1) is 15.5. The lowest BCUT2D eigenvalue weighted by atomic mass is 10.1. The maximum absolute atomic E-state index is 13.7. The van der Waals surface area contributed by atoms with E-state index in [9.17, 15) is 18.8 Å². The highest BCUT2D eigenvalue weighted by atomic mass is 19.1. The van der Waals surface area contributed by atoms with Gasteiger partial charge in [-0.3, -0.25) is 9.59 Å². The number of hydrogen-bond acceptors (Lipinski definition) is 4. The van der Waals surface area contributed by atoms with Crippen LogP contribution in [0.4, 0.5) is 4.39 Å². The highest BCUT2D eigenvalue weighted by Gasteiger charge is 2.24. The normalized spacial score (nSPS) is 11.3. The summed E-state index contributed by atoms with van der Waals surface area (Å²) in [4.78, 5) is 37.3. The molecule has 0 aliphatic rings. The highest BCUT2D eigenvalue weighted by molar-refractivity contribution is 5.97. The summed E-state index contributed by atoms with van der Waals surface area (Å²) in [7, 11) is 0. The van der Waals surface area contributed by atoms with Gasteiger partial charge in [-0.1, -0.05) is 66.7 Å². The van der Waals surface area contributed by atoms with Gasteiger partial charge in [0.2, 0.25) is 0 Å². The second-order valence-corrected chi connectivity index (χ2v) is 7.06. The molecular formula is C25H23FN2O4. The summed E-state index contributed by atoms with van der Waals surface area (Å²) < 4.78 is 18.8. The Labute approximate surface area is 185 Å². The van der Waals surface area contributed by atoms with E-state index in [1.54, 1.807) is 48.5 Å². The number of ether oxygens (including phenoxy) is 1. The fraction of sp³-hybridized carbons (Fsp3) is 0.160. The van der Waals surface area contributed by atoms with E-state index < -0.39 is 36.2 Å². The lowest BCUT2D eigenvalue weighted by Crippen LogP contribution is -2.44. The summed E-state index contributed by atoms with van der Waals surface area (Å²) >= 11 is 0. The van der Waals surface area contributed by atoms with Crippen molar-refractivity contribution in [3.8, 4) is 0 Å². The van der Waals surface area contributed by atoms with Gasteiger partial charge >= 0.3 is 5.97 Å². The average molecular weight is 434 g/mol. The van der Waals surface area contributed by atoms with Crippen LogP contribution in [-0.2, 0) is 27.3 Å². The molecule has 3 aromatic carbocycles. The van der Waals surface area contributed by atoms with Crippen molar-refractivity contribution >= 4 is 17.8 Å². The lowest BCUT2D eigenvalue weighted by Gasteiger charge is -2.18. The molecule has 164 valence electrons. The van der Waals surface area contributed by atoms with Crippen LogP contribution >= 0.6 is 0 Å². The predicted molar refractivity (Wildman–Crippen MR) is 117 cm³/mol. The summed E-state index contributed by atoms with van der Waals surface area (Å²) in [6.07, 6.45) is 0.203. The first kappa shape index (κ1) is 22.7. The maximum atomic E-state index is 13.7. The van der Waals surface area contributed by atoms with Gasteiger partial charge in [-0.15, -0.1) is 0 Å². The van der Waals surface area contributed by atoms with E-state index in [0.29, 0.717) is 11.1 Å². The van der Waals surface area contributed by atoms with Crippen molar-refractivity contribution in [3.05, 3.63) is 107 Å². The fourth-order valence-corrected chi connectivity index (χ4v) is 3.00. The molecule has 6 nitrogen and oxygen atoms in total. The molecule has 2 amide bonds. The zero-order valence-electron chi connectivity index (χ0n) is 17.3. The molecule has 0 bridgehead atoms. The number of benzene rings is 3. The lowest BCUT2D eigenvalue weighted by molar-refractivity contribution is -0.150. The number of carbonyl (C=O) groups is 3. The molecule has 0 fully saturated rings. The van der Waals surface area contributed by atoms with Crippen molar-refractivity contribution in [3.63, 3.8) is 0 Å². The zero-order valence-corrected chi connectivity index (χ0v) is 17.3. The first-order valence-corrected chi connectivity index (χ1v) is 10.1. The van der Waals surface area contributed by atoms with E-state index in [2.05, 4.69) is 10.6 Å². The van der Waals surface area contributed by atoms with E-state index in [1.165, 1.54) is 6.07 Å². The molecule has 0 heterocycles. The summed E-state index contributed by atoms with van der Waals surface area (Å²) in [5, 5.41) is 5.18. The topological polar surface area (TPSA) is 84.5 Å². The van der Waals surface area contributed by atoms with Gasteiger partial charge in [0.1, 0.15) is 11.9 Å². The van der Waals surface area contributed by atoms with Crippen LogP contribution in [0.2, 0.25) is 0 Å². The largest absolute Gasteiger partial charge is 0.454 e. The van der Waals surface area contributed by atoms with Crippen LogP contribution in [0.1, 0.15) is 21.5 Å². The number of esters is 1. The Morgan fingerprint density at radius 1 is 0.844 bits per heavy atom. The molecule has 1 atom stereocenters. The molecule has 0 aromatic heterocycles. The number of rotatable bonds is 9. The highest BCUT2D eigenvalue weighted by Crippen LogP contribution is 2.08. The second-order valence-electron chi connectivity index (χ2n) is 7.06. The molecule has 1 unspecified atom stereocenters. The molecule has 0 aliphatic heterocycles. The summed E-state index contributed by atoms with van der Waals surface area (Å²) in [5.74, 6) is -2.17. The van der Waals surface area contributed by atoms with Crippen LogP contribution in [0.25, 0.3) is 0 Å². The Balaban J connectivity index is 1.59. The molecule has 32 heavy (non-hydrogen) atoms. The van der Waals surface area contributed by atoms with Crippen LogP contribution in [0, 0.1) is 5.82 Å². The standard InChI is InChI=1S/C25H23FN2O4/c26-21-14-8-7-13-20(21)16-27-23(29)17-32-25(31)22(15-18-9-3-1-4-10-18)28-24(30)19-11-5-2-6-12-19/h1-14,22H,15-17H2,(H,27,29)(H,28,30). The van der Waals surface area contributed by atoms with Gasteiger partial charge in [-0.05, 0) is 23.8 Å². The van der Waals surface area contributed by atoms with Crippen molar-refractivity contribution in [2.75, 3.05) is 6.61 Å². The third kappa shape index (κ3) is 6.77. The van der Waals surface area contributed by atoms with Crippen LogP contribution < -0.4 is 10.6 Å². The molecule has 0 spiro atoms. The maximum Gasteiger partial charge on any atom is 0.329 e. The van der Waals surface area contributed by atoms with Gasteiger partial charge in [0.25, 0.3) is 11.8 Å². The fourth-order valence-electron chi connectivity index (χ4n) is 3.00. The van der Waals surface area contributed by atoms with E-state index in [0.717, 1.165) is 5.56 Å². The molecule has 0 saturated heterocycles. The minimum absolute atomic E-state index is 0.0265. The minimum atomic E-state index is -0.982. The van der Waals surface area contributed by atoms with Crippen LogP contribution in [-0.4, -0.2) is 30.4 Å². The van der Waals surface area contributed by atoms with Gasteiger partial charge in [0.15, 0.2) is 6.61 Å². The first-order valence-electron chi connectivity index (χ1n) is 10.1. The second kappa shape index (κ2) is 11.4. The monoisotopic (exact) mass is 434 g/mol. The molecule has 3 aromatic rings. The van der Waals surface area contributed by atoms with Gasteiger partial charge in [-0.2, -0.15) is 0 Å². The molecule has 2 N–H and O–H groups in total. The van der Waals surface area contributed by atoms with Crippen molar-refractivity contribution in [2.45, 2.75) is 19.0 Å². The number of nitrogens with one attached hydrogen (secondary N) is 2. The number of halogens is 1. The van der Waals surface area contributed by atoms with Crippen molar-refractivity contribution in [2.24, 2.45) is 0 Å². The third-order valence-corrected chi connectivity index (χ3v) is 4.69. The van der Waals surface area contributed by atoms with Gasteiger partial charge in [0.05, 0.1) is 0 Å². The summed E-state index contributed by atoms with van der Waals surface area (Å²) in [6.45, 7) is -0.568. The number of hydrogen-bond donors (Lipinski definition) is 2. The third-order valence-electron chi connectivity index (χ3n) is 4.69. The van der Waals surface area contributed by atoms with E-state index in [-0.39, 0.29) is 13.0 Å². The van der Waals surface area contributed by atoms with Gasteiger partial charge in [0, 0.05) is 24.1 Å².